The molecule has 8 nitrogen and oxygen atoms in total. The number of esters is 1. The number of benzene rings is 3. The van der Waals surface area contributed by atoms with E-state index in [1.165, 1.54) is 6.21 Å². The summed E-state index contributed by atoms with van der Waals surface area (Å²) in [5.74, 6) is 0.872. The second-order valence-electron chi connectivity index (χ2n) is 7.43. The third-order valence-electron chi connectivity index (χ3n) is 4.76. The number of halogens is 1. The Labute approximate surface area is 214 Å². The van der Waals surface area contributed by atoms with Gasteiger partial charge in [0.1, 0.15) is 11.5 Å². The van der Waals surface area contributed by atoms with Gasteiger partial charge in [-0.05, 0) is 93.1 Å². The monoisotopic (exact) mass is 510 g/mol. The molecular weight excluding hydrogens is 484 g/mol. The Bertz CT molecular complexity index is 1200. The van der Waals surface area contributed by atoms with Gasteiger partial charge < -0.3 is 18.9 Å². The summed E-state index contributed by atoms with van der Waals surface area (Å²) in [4.78, 5) is 24.8. The molecule has 0 saturated carbocycles. The third kappa shape index (κ3) is 7.74. The Morgan fingerprint density at radius 3 is 2.25 bits per heavy atom. The van der Waals surface area contributed by atoms with Crippen molar-refractivity contribution in [1.29, 1.82) is 0 Å². The Kier molecular flexibility index (Phi) is 9.71. The van der Waals surface area contributed by atoms with Crippen molar-refractivity contribution in [2.75, 3.05) is 13.2 Å². The minimum Gasteiger partial charge on any atom is -0.494 e. The molecular formula is C27H27ClN2O6. The maximum atomic E-state index is 12.6. The lowest BCUT2D eigenvalue weighted by Gasteiger charge is -2.13. The Morgan fingerprint density at radius 1 is 0.917 bits per heavy atom. The van der Waals surface area contributed by atoms with Crippen LogP contribution in [0.1, 0.15) is 36.7 Å². The quantitative estimate of drug-likeness (QED) is 0.163. The van der Waals surface area contributed by atoms with Gasteiger partial charge in [-0.15, -0.1) is 0 Å². The summed E-state index contributed by atoms with van der Waals surface area (Å²) in [6.07, 6.45) is 0.680. The van der Waals surface area contributed by atoms with E-state index in [4.69, 9.17) is 30.5 Å². The zero-order valence-corrected chi connectivity index (χ0v) is 21.0. The van der Waals surface area contributed by atoms with E-state index in [1.807, 2.05) is 13.8 Å². The molecule has 0 fully saturated rings. The molecule has 188 valence electrons. The SMILES string of the molecule is CCOc1ccc(C(=O)Oc2ccc(/C=N\NC(=O)[C@H](C)Oc3ccc(Cl)cc3)cc2OCC)cc1. The highest BCUT2D eigenvalue weighted by atomic mass is 35.5. The Morgan fingerprint density at radius 2 is 1.58 bits per heavy atom. The molecule has 0 bridgehead atoms. The van der Waals surface area contributed by atoms with Crippen molar-refractivity contribution in [2.45, 2.75) is 26.9 Å². The van der Waals surface area contributed by atoms with Crippen LogP contribution in [0.3, 0.4) is 0 Å². The van der Waals surface area contributed by atoms with Crippen LogP contribution in [0.15, 0.2) is 71.8 Å². The molecule has 0 unspecified atom stereocenters. The maximum Gasteiger partial charge on any atom is 0.343 e. The van der Waals surface area contributed by atoms with Crippen LogP contribution in [0.5, 0.6) is 23.0 Å². The van der Waals surface area contributed by atoms with E-state index < -0.39 is 18.0 Å². The predicted octanol–water partition coefficient (Wildman–Crippen LogP) is 5.27. The number of rotatable bonds is 11. The molecule has 36 heavy (non-hydrogen) atoms. The average Bonchev–Trinajstić information content (AvgIpc) is 2.87. The number of hydrazone groups is 1. The predicted molar refractivity (Wildman–Crippen MR) is 137 cm³/mol. The summed E-state index contributed by atoms with van der Waals surface area (Å²) >= 11 is 5.85. The summed E-state index contributed by atoms with van der Waals surface area (Å²) < 4.78 is 22.1. The lowest BCUT2D eigenvalue weighted by atomic mass is 10.2. The molecule has 3 rings (SSSR count). The summed E-state index contributed by atoms with van der Waals surface area (Å²) in [7, 11) is 0. The second-order valence-corrected chi connectivity index (χ2v) is 7.87. The first-order chi connectivity index (χ1) is 17.4. The van der Waals surface area contributed by atoms with Crippen LogP contribution in [0, 0.1) is 0 Å². The first-order valence-corrected chi connectivity index (χ1v) is 11.7. The number of ether oxygens (including phenoxy) is 4. The van der Waals surface area contributed by atoms with Crippen LogP contribution in [-0.2, 0) is 4.79 Å². The summed E-state index contributed by atoms with van der Waals surface area (Å²) in [6.45, 7) is 6.22. The molecule has 9 heteroatoms. The van der Waals surface area contributed by atoms with Crippen molar-refractivity contribution in [2.24, 2.45) is 5.10 Å². The van der Waals surface area contributed by atoms with Crippen molar-refractivity contribution >= 4 is 29.7 Å². The van der Waals surface area contributed by atoms with Crippen LogP contribution in [0.2, 0.25) is 5.02 Å². The first-order valence-electron chi connectivity index (χ1n) is 11.4. The van der Waals surface area contributed by atoms with Crippen molar-refractivity contribution in [3.8, 4) is 23.0 Å². The van der Waals surface area contributed by atoms with E-state index >= 15 is 0 Å². The van der Waals surface area contributed by atoms with Crippen LogP contribution in [0.25, 0.3) is 0 Å². The normalized spacial score (nSPS) is 11.6. The second kappa shape index (κ2) is 13.2. The van der Waals surface area contributed by atoms with E-state index in [-0.39, 0.29) is 5.75 Å². The maximum absolute atomic E-state index is 12.6. The number of nitrogens with zero attached hydrogens (tertiary/aromatic N) is 1. The highest BCUT2D eigenvalue weighted by Crippen LogP contribution is 2.29. The molecule has 0 heterocycles. The molecule has 0 spiro atoms. The van der Waals surface area contributed by atoms with E-state index in [9.17, 15) is 9.59 Å². The minimum absolute atomic E-state index is 0.266. The van der Waals surface area contributed by atoms with Gasteiger partial charge in [-0.3, -0.25) is 4.79 Å². The van der Waals surface area contributed by atoms with Gasteiger partial charge in [0.25, 0.3) is 5.91 Å². The Balaban J connectivity index is 1.61. The molecule has 3 aromatic rings. The highest BCUT2D eigenvalue weighted by Gasteiger charge is 2.15. The van der Waals surface area contributed by atoms with Gasteiger partial charge in [-0.1, -0.05) is 11.6 Å². The molecule has 1 N–H and O–H groups in total. The Hall–Kier alpha value is -4.04. The number of hydrogen-bond donors (Lipinski definition) is 1. The highest BCUT2D eigenvalue weighted by molar-refractivity contribution is 6.30. The van der Waals surface area contributed by atoms with Gasteiger partial charge in [0.15, 0.2) is 17.6 Å². The largest absolute Gasteiger partial charge is 0.494 e. The lowest BCUT2D eigenvalue weighted by molar-refractivity contribution is -0.127. The van der Waals surface area contributed by atoms with E-state index in [2.05, 4.69) is 10.5 Å². The van der Waals surface area contributed by atoms with Gasteiger partial charge in [-0.25, -0.2) is 10.2 Å². The summed E-state index contributed by atoms with van der Waals surface area (Å²) in [5.41, 5.74) is 3.45. The zero-order valence-electron chi connectivity index (χ0n) is 20.2. The fourth-order valence-electron chi connectivity index (χ4n) is 3.00. The fourth-order valence-corrected chi connectivity index (χ4v) is 3.13. The van der Waals surface area contributed by atoms with Gasteiger partial charge >= 0.3 is 5.97 Å². The van der Waals surface area contributed by atoms with Crippen molar-refractivity contribution in [3.05, 3.63) is 82.9 Å². The molecule has 0 aliphatic carbocycles. The molecule has 1 amide bonds. The number of carbonyl (C=O) groups excluding carboxylic acids is 2. The molecule has 1 atom stereocenters. The van der Waals surface area contributed by atoms with E-state index in [0.717, 1.165) is 0 Å². The topological polar surface area (TPSA) is 95.5 Å². The van der Waals surface area contributed by atoms with Gasteiger partial charge in [-0.2, -0.15) is 5.10 Å². The van der Waals surface area contributed by atoms with Crippen LogP contribution in [0.4, 0.5) is 0 Å². The fraction of sp³-hybridized carbons (Fsp3) is 0.222. The smallest absolute Gasteiger partial charge is 0.343 e. The standard InChI is InChI=1S/C27H27ClN2O6/c1-4-33-22-11-7-20(8-12-22)27(32)36-24-15-6-19(16-25(24)34-5-2)17-29-30-26(31)18(3)35-23-13-9-21(28)10-14-23/h6-18H,4-5H2,1-3H3,(H,30,31)/b29-17-/t18-/m0/s1. The van der Waals surface area contributed by atoms with Crippen molar-refractivity contribution < 1.29 is 28.5 Å². The number of carbonyl (C=O) groups is 2. The molecule has 0 aliphatic rings. The lowest BCUT2D eigenvalue weighted by Crippen LogP contribution is -2.33. The number of amides is 1. The van der Waals surface area contributed by atoms with Gasteiger partial charge in [0, 0.05) is 5.02 Å². The first kappa shape index (κ1) is 26.6. The van der Waals surface area contributed by atoms with Crippen LogP contribution in [-0.4, -0.2) is 37.4 Å². The van der Waals surface area contributed by atoms with Crippen LogP contribution < -0.4 is 24.4 Å². The van der Waals surface area contributed by atoms with E-state index in [0.29, 0.717) is 46.6 Å². The minimum atomic E-state index is -0.772. The van der Waals surface area contributed by atoms with Crippen LogP contribution >= 0.6 is 11.6 Å². The number of nitrogens with one attached hydrogen (secondary N) is 1. The molecule has 0 aromatic heterocycles. The molecule has 0 radical (unpaired) electrons. The zero-order chi connectivity index (χ0) is 25.9. The van der Waals surface area contributed by atoms with Gasteiger partial charge in [0.2, 0.25) is 0 Å². The number of hydrogen-bond acceptors (Lipinski definition) is 7. The molecule has 0 saturated heterocycles. The third-order valence-corrected chi connectivity index (χ3v) is 5.01. The summed E-state index contributed by atoms with van der Waals surface area (Å²) in [5, 5.41) is 4.56. The average molecular weight is 511 g/mol. The van der Waals surface area contributed by atoms with Gasteiger partial charge in [0.05, 0.1) is 25.0 Å². The van der Waals surface area contributed by atoms with Crippen molar-refractivity contribution in [1.82, 2.24) is 5.43 Å². The van der Waals surface area contributed by atoms with Crippen molar-refractivity contribution in [3.63, 3.8) is 0 Å². The molecule has 3 aromatic carbocycles. The molecule has 0 aliphatic heterocycles. The summed E-state index contributed by atoms with van der Waals surface area (Å²) in [6, 6.07) is 18.3. The van der Waals surface area contributed by atoms with E-state index in [1.54, 1.807) is 73.7 Å².